The topological polar surface area (TPSA) is 112 Å². The van der Waals surface area contributed by atoms with Gasteiger partial charge in [-0.1, -0.05) is 29.8 Å². The molecule has 0 radical (unpaired) electrons. The summed E-state index contributed by atoms with van der Waals surface area (Å²) in [6, 6.07) is 11.1. The van der Waals surface area contributed by atoms with Gasteiger partial charge in [-0.2, -0.15) is 0 Å². The van der Waals surface area contributed by atoms with Crippen molar-refractivity contribution >= 4 is 46.1 Å². The fraction of sp³-hybridized carbons (Fsp3) is 0.292. The molecular weight excluding hydrogens is 444 g/mol. The van der Waals surface area contributed by atoms with Crippen molar-refractivity contribution in [3.05, 3.63) is 64.3 Å². The molecule has 0 bridgehead atoms. The lowest BCUT2D eigenvalue weighted by molar-refractivity contribution is -0.138. The number of carbonyl (C=O) groups is 3. The van der Waals surface area contributed by atoms with E-state index in [9.17, 15) is 14.4 Å². The monoisotopic (exact) mass is 470 g/mol. The molecule has 3 rings (SSSR count). The number of hydrogen-bond acceptors (Lipinski definition) is 3. The van der Waals surface area contributed by atoms with Crippen LogP contribution in [0.3, 0.4) is 0 Å². The maximum Gasteiger partial charge on any atom is 0.325 e. The molecule has 1 heterocycles. The van der Waals surface area contributed by atoms with Crippen molar-refractivity contribution in [3.8, 4) is 0 Å². The van der Waals surface area contributed by atoms with E-state index in [1.807, 2.05) is 26.1 Å². The van der Waals surface area contributed by atoms with E-state index in [0.717, 1.165) is 22.0 Å². The summed E-state index contributed by atoms with van der Waals surface area (Å²) in [5.41, 5.74) is 2.90. The maximum absolute atomic E-state index is 12.9. The zero-order valence-corrected chi connectivity index (χ0v) is 19.9. The number of fused-ring (bicyclic) bond motifs is 1. The summed E-state index contributed by atoms with van der Waals surface area (Å²) in [6.07, 6.45) is 0. The Labute approximate surface area is 196 Å². The summed E-state index contributed by atoms with van der Waals surface area (Å²) in [5, 5.41) is 18.4. The van der Waals surface area contributed by atoms with E-state index in [2.05, 4.69) is 16.0 Å². The number of nitrogens with zero attached hydrogens (tertiary/aromatic N) is 1. The second-order valence-electron chi connectivity index (χ2n) is 8.53. The standard InChI is InChI=1S/C24H27ClN4O4/c1-13-6-11-18-17(20(13)25)12-19(29(18)5)21(30)27-16-9-7-15(8-10-16)24(3,4)28-23(33)26-14(2)22(31)32/h6-12,14H,1-5H3,(H,27,30)(H,31,32)(H2,26,28,33). The summed E-state index contributed by atoms with van der Waals surface area (Å²) in [4.78, 5) is 35.9. The number of hydrogen-bond donors (Lipinski definition) is 4. The van der Waals surface area contributed by atoms with Crippen LogP contribution < -0.4 is 16.0 Å². The molecule has 8 nitrogen and oxygen atoms in total. The van der Waals surface area contributed by atoms with Gasteiger partial charge in [0.05, 0.1) is 10.6 Å². The van der Waals surface area contributed by atoms with Crippen LogP contribution in [-0.2, 0) is 17.4 Å². The average molecular weight is 471 g/mol. The van der Waals surface area contributed by atoms with Crippen molar-refractivity contribution in [3.63, 3.8) is 0 Å². The number of nitrogens with one attached hydrogen (secondary N) is 3. The third kappa shape index (κ3) is 5.12. The number of aromatic nitrogens is 1. The van der Waals surface area contributed by atoms with Gasteiger partial charge in [-0.15, -0.1) is 0 Å². The quantitative estimate of drug-likeness (QED) is 0.427. The van der Waals surface area contributed by atoms with Gasteiger partial charge in [0.15, 0.2) is 0 Å². The van der Waals surface area contributed by atoms with Gasteiger partial charge < -0.3 is 25.6 Å². The highest BCUT2D eigenvalue weighted by atomic mass is 35.5. The number of rotatable bonds is 6. The van der Waals surface area contributed by atoms with Gasteiger partial charge in [0.25, 0.3) is 5.91 Å². The van der Waals surface area contributed by atoms with Crippen molar-refractivity contribution in [1.29, 1.82) is 0 Å². The SMILES string of the molecule is Cc1ccc2c(cc(C(=O)Nc3ccc(C(C)(C)NC(=O)NC(C)C(=O)O)cc3)n2C)c1Cl. The molecule has 0 fully saturated rings. The third-order valence-electron chi connectivity index (χ3n) is 5.59. The van der Waals surface area contributed by atoms with Crippen LogP contribution >= 0.6 is 11.6 Å². The van der Waals surface area contributed by atoms with Gasteiger partial charge in [-0.05, 0) is 63.1 Å². The number of urea groups is 1. The van der Waals surface area contributed by atoms with Crippen molar-refractivity contribution < 1.29 is 19.5 Å². The van der Waals surface area contributed by atoms with Gasteiger partial charge in [-0.3, -0.25) is 9.59 Å². The summed E-state index contributed by atoms with van der Waals surface area (Å²) in [7, 11) is 1.82. The molecule has 1 atom stereocenters. The number of aryl methyl sites for hydroxylation is 2. The number of carboxylic acid groups (broad SMARTS) is 1. The Morgan fingerprint density at radius 3 is 2.33 bits per heavy atom. The average Bonchev–Trinajstić information content (AvgIpc) is 3.07. The van der Waals surface area contributed by atoms with Gasteiger partial charge in [0, 0.05) is 23.6 Å². The Balaban J connectivity index is 1.73. The Morgan fingerprint density at radius 1 is 1.09 bits per heavy atom. The predicted octanol–water partition coefficient (Wildman–Crippen LogP) is 4.40. The van der Waals surface area contributed by atoms with E-state index in [1.165, 1.54) is 6.92 Å². The normalized spacial score (nSPS) is 12.3. The lowest BCUT2D eigenvalue weighted by Crippen LogP contribution is -2.50. The minimum Gasteiger partial charge on any atom is -0.480 e. The Hall–Kier alpha value is -3.52. The van der Waals surface area contributed by atoms with E-state index in [0.29, 0.717) is 16.4 Å². The molecule has 0 saturated heterocycles. The highest BCUT2D eigenvalue weighted by molar-refractivity contribution is 6.36. The lowest BCUT2D eigenvalue weighted by atomic mass is 9.94. The molecule has 3 aromatic rings. The van der Waals surface area contributed by atoms with Crippen molar-refractivity contribution in [2.75, 3.05) is 5.32 Å². The molecule has 2 aromatic carbocycles. The maximum atomic E-state index is 12.9. The smallest absolute Gasteiger partial charge is 0.325 e. The number of carboxylic acids is 1. The number of anilines is 1. The number of amides is 3. The second kappa shape index (κ2) is 9.15. The first-order valence-electron chi connectivity index (χ1n) is 10.4. The summed E-state index contributed by atoms with van der Waals surface area (Å²) in [5.74, 6) is -1.39. The molecule has 33 heavy (non-hydrogen) atoms. The number of benzene rings is 2. The Morgan fingerprint density at radius 2 is 1.73 bits per heavy atom. The second-order valence-corrected chi connectivity index (χ2v) is 8.91. The third-order valence-corrected chi connectivity index (χ3v) is 6.10. The fourth-order valence-electron chi connectivity index (χ4n) is 3.52. The molecule has 3 amide bonds. The van der Waals surface area contributed by atoms with Crippen LogP contribution in [0.25, 0.3) is 10.9 Å². The zero-order valence-electron chi connectivity index (χ0n) is 19.1. The van der Waals surface area contributed by atoms with Gasteiger partial charge >= 0.3 is 12.0 Å². The van der Waals surface area contributed by atoms with Crippen molar-refractivity contribution in [2.45, 2.75) is 39.3 Å². The van der Waals surface area contributed by atoms with Crippen LogP contribution in [0.4, 0.5) is 10.5 Å². The first kappa shape index (κ1) is 24.1. The van der Waals surface area contributed by atoms with E-state index in [1.54, 1.807) is 48.7 Å². The predicted molar refractivity (Wildman–Crippen MR) is 129 cm³/mol. The Bertz CT molecular complexity index is 1230. The molecule has 9 heteroatoms. The summed E-state index contributed by atoms with van der Waals surface area (Å²) < 4.78 is 1.80. The van der Waals surface area contributed by atoms with Crippen LogP contribution in [0, 0.1) is 6.92 Å². The van der Waals surface area contributed by atoms with Crippen LogP contribution in [0.15, 0.2) is 42.5 Å². The van der Waals surface area contributed by atoms with E-state index < -0.39 is 23.6 Å². The van der Waals surface area contributed by atoms with Crippen molar-refractivity contribution in [2.24, 2.45) is 7.05 Å². The van der Waals surface area contributed by atoms with E-state index in [-0.39, 0.29) is 5.91 Å². The fourth-order valence-corrected chi connectivity index (χ4v) is 3.73. The van der Waals surface area contributed by atoms with Crippen LogP contribution in [-0.4, -0.2) is 33.6 Å². The van der Waals surface area contributed by atoms with Crippen LogP contribution in [0.5, 0.6) is 0 Å². The number of aliphatic carboxylic acids is 1. The first-order valence-corrected chi connectivity index (χ1v) is 10.8. The molecule has 4 N–H and O–H groups in total. The highest BCUT2D eigenvalue weighted by Gasteiger charge is 2.25. The minimum absolute atomic E-state index is 0.269. The molecular formula is C24H27ClN4O4. The van der Waals surface area contributed by atoms with Crippen LogP contribution in [0.2, 0.25) is 5.02 Å². The molecule has 174 valence electrons. The number of carbonyl (C=O) groups excluding carboxylic acids is 2. The highest BCUT2D eigenvalue weighted by Crippen LogP contribution is 2.30. The largest absolute Gasteiger partial charge is 0.480 e. The van der Waals surface area contributed by atoms with Gasteiger partial charge in [-0.25, -0.2) is 4.79 Å². The molecule has 0 saturated carbocycles. The molecule has 0 aliphatic carbocycles. The molecule has 1 aromatic heterocycles. The van der Waals surface area contributed by atoms with E-state index >= 15 is 0 Å². The molecule has 0 spiro atoms. The summed E-state index contributed by atoms with van der Waals surface area (Å²) in [6.45, 7) is 6.90. The molecule has 1 unspecified atom stereocenters. The van der Waals surface area contributed by atoms with Crippen LogP contribution in [0.1, 0.15) is 42.4 Å². The number of halogens is 1. The molecule has 0 aliphatic heterocycles. The minimum atomic E-state index is -1.12. The van der Waals surface area contributed by atoms with Crippen molar-refractivity contribution in [1.82, 2.24) is 15.2 Å². The molecule has 0 aliphatic rings. The van der Waals surface area contributed by atoms with Gasteiger partial charge in [0.2, 0.25) is 0 Å². The summed E-state index contributed by atoms with van der Waals surface area (Å²) >= 11 is 6.41. The first-order chi connectivity index (χ1) is 15.4. The van der Waals surface area contributed by atoms with Gasteiger partial charge in [0.1, 0.15) is 11.7 Å². The zero-order chi connectivity index (χ0) is 24.5. The van der Waals surface area contributed by atoms with E-state index in [4.69, 9.17) is 16.7 Å². The Kier molecular flexibility index (Phi) is 6.69. The lowest BCUT2D eigenvalue weighted by Gasteiger charge is -2.27.